The van der Waals surface area contributed by atoms with Crippen LogP contribution in [0.5, 0.6) is 0 Å². The number of aryl methyl sites for hydroxylation is 2. The molecular weight excluding hydrogens is 316 g/mol. The molecule has 6 heteroatoms. The zero-order chi connectivity index (χ0) is 17.0. The number of rotatable bonds is 6. The molecular formula is C17H19ClN2O3. The van der Waals surface area contributed by atoms with Gasteiger partial charge in [-0.15, -0.1) is 0 Å². The third kappa shape index (κ3) is 4.66. The van der Waals surface area contributed by atoms with Crippen LogP contribution in [0.2, 0.25) is 5.02 Å². The highest BCUT2D eigenvalue weighted by atomic mass is 35.5. The van der Waals surface area contributed by atoms with Crippen LogP contribution in [0.15, 0.2) is 30.3 Å². The fraction of sp³-hybridized carbons (Fsp3) is 0.353. The number of halogens is 1. The van der Waals surface area contributed by atoms with Crippen molar-refractivity contribution in [2.45, 2.75) is 33.2 Å². The van der Waals surface area contributed by atoms with E-state index in [4.69, 9.17) is 16.3 Å². The Morgan fingerprint density at radius 3 is 2.48 bits per heavy atom. The van der Waals surface area contributed by atoms with Gasteiger partial charge in [0.2, 0.25) is 0 Å². The average Bonchev–Trinajstić information content (AvgIpc) is 2.84. The molecule has 0 aliphatic rings. The highest BCUT2D eigenvalue weighted by Gasteiger charge is 2.16. The molecule has 122 valence electrons. The molecule has 0 amide bonds. The van der Waals surface area contributed by atoms with Crippen LogP contribution in [0.3, 0.4) is 0 Å². The summed E-state index contributed by atoms with van der Waals surface area (Å²) < 4.78 is 6.85. The lowest BCUT2D eigenvalue weighted by Gasteiger charge is -2.13. The Morgan fingerprint density at radius 1 is 1.26 bits per heavy atom. The Morgan fingerprint density at radius 2 is 1.91 bits per heavy atom. The van der Waals surface area contributed by atoms with E-state index in [1.54, 1.807) is 28.9 Å². The van der Waals surface area contributed by atoms with Gasteiger partial charge in [0, 0.05) is 16.3 Å². The van der Waals surface area contributed by atoms with E-state index in [0.29, 0.717) is 10.6 Å². The largest absolute Gasteiger partial charge is 0.457 e. The van der Waals surface area contributed by atoms with Crippen molar-refractivity contribution in [1.82, 2.24) is 9.78 Å². The summed E-state index contributed by atoms with van der Waals surface area (Å²) in [6, 6.07) is 8.30. The summed E-state index contributed by atoms with van der Waals surface area (Å²) >= 11 is 5.77. The minimum atomic E-state index is -0.424. The third-order valence-electron chi connectivity index (χ3n) is 3.45. The van der Waals surface area contributed by atoms with Crippen LogP contribution in [0.1, 0.15) is 41.1 Å². The molecule has 0 aliphatic heterocycles. The maximum Gasteiger partial charge on any atom is 0.308 e. The van der Waals surface area contributed by atoms with Crippen molar-refractivity contribution in [3.05, 3.63) is 52.3 Å². The summed E-state index contributed by atoms with van der Waals surface area (Å²) in [5, 5.41) is 4.90. The van der Waals surface area contributed by atoms with E-state index >= 15 is 0 Å². The van der Waals surface area contributed by atoms with Crippen LogP contribution in [0.25, 0.3) is 0 Å². The Kier molecular flexibility index (Phi) is 5.55. The van der Waals surface area contributed by atoms with Gasteiger partial charge in [-0.05, 0) is 51.1 Å². The van der Waals surface area contributed by atoms with E-state index in [1.165, 1.54) is 0 Å². The lowest BCUT2D eigenvalue weighted by Crippen LogP contribution is -2.18. The Labute approximate surface area is 140 Å². The van der Waals surface area contributed by atoms with Crippen molar-refractivity contribution in [2.75, 3.05) is 6.61 Å². The number of carbonyl (C=O) groups excluding carboxylic acids is 2. The summed E-state index contributed by atoms with van der Waals surface area (Å²) in [4.78, 5) is 23.8. The summed E-state index contributed by atoms with van der Waals surface area (Å²) in [5.41, 5.74) is 2.36. The molecule has 0 radical (unpaired) electrons. The number of carbonyl (C=O) groups is 2. The van der Waals surface area contributed by atoms with E-state index in [1.807, 2.05) is 26.8 Å². The number of ether oxygens (including phenoxy) is 1. The molecule has 23 heavy (non-hydrogen) atoms. The number of benzene rings is 1. The van der Waals surface area contributed by atoms with Crippen LogP contribution in [0.4, 0.5) is 0 Å². The van der Waals surface area contributed by atoms with Crippen molar-refractivity contribution in [2.24, 2.45) is 0 Å². The molecule has 1 unspecified atom stereocenters. The number of nitrogens with zero attached hydrogens (tertiary/aromatic N) is 2. The summed E-state index contributed by atoms with van der Waals surface area (Å²) in [7, 11) is 0. The van der Waals surface area contributed by atoms with E-state index in [9.17, 15) is 9.59 Å². The first-order valence-corrected chi connectivity index (χ1v) is 7.71. The molecule has 2 aromatic rings. The maximum absolute atomic E-state index is 11.9. The van der Waals surface area contributed by atoms with Gasteiger partial charge in [0.1, 0.15) is 0 Å². The predicted octanol–water partition coefficient (Wildman–Crippen LogP) is 3.53. The lowest BCUT2D eigenvalue weighted by atomic mass is 10.1. The summed E-state index contributed by atoms with van der Waals surface area (Å²) in [6.07, 6.45) is 0.163. The molecule has 0 saturated carbocycles. The zero-order valence-corrected chi connectivity index (χ0v) is 14.1. The normalized spacial score (nSPS) is 12.0. The van der Waals surface area contributed by atoms with Crippen LogP contribution in [0, 0.1) is 13.8 Å². The molecule has 2 rings (SSSR count). The van der Waals surface area contributed by atoms with Gasteiger partial charge in [0.15, 0.2) is 12.4 Å². The average molecular weight is 335 g/mol. The third-order valence-corrected chi connectivity index (χ3v) is 3.71. The van der Waals surface area contributed by atoms with E-state index in [0.717, 1.165) is 11.4 Å². The van der Waals surface area contributed by atoms with E-state index in [2.05, 4.69) is 5.10 Å². The standard InChI is InChI=1S/C17H19ClN2O3/c1-11-8-12(2)20(19-11)13(3)9-17(22)23-10-16(21)14-4-6-15(18)7-5-14/h4-8,13H,9-10H2,1-3H3. The molecule has 1 aromatic heterocycles. The second-order valence-corrected chi connectivity index (χ2v) is 5.95. The molecule has 0 aliphatic carbocycles. The van der Waals surface area contributed by atoms with Gasteiger partial charge in [-0.2, -0.15) is 5.10 Å². The van der Waals surface area contributed by atoms with Crippen molar-refractivity contribution >= 4 is 23.4 Å². The first-order valence-electron chi connectivity index (χ1n) is 7.34. The zero-order valence-electron chi connectivity index (χ0n) is 13.4. The van der Waals surface area contributed by atoms with Gasteiger partial charge < -0.3 is 4.74 Å². The topological polar surface area (TPSA) is 61.2 Å². The monoisotopic (exact) mass is 334 g/mol. The fourth-order valence-electron chi connectivity index (χ4n) is 2.34. The van der Waals surface area contributed by atoms with Crippen molar-refractivity contribution in [3.63, 3.8) is 0 Å². The summed E-state index contributed by atoms with van der Waals surface area (Å²) in [6.45, 7) is 5.46. The van der Waals surface area contributed by atoms with Gasteiger partial charge >= 0.3 is 5.97 Å². The molecule has 0 saturated heterocycles. The molecule has 1 aromatic carbocycles. The first-order chi connectivity index (χ1) is 10.9. The van der Waals surface area contributed by atoms with Crippen molar-refractivity contribution in [3.8, 4) is 0 Å². The maximum atomic E-state index is 11.9. The van der Waals surface area contributed by atoms with Crippen LogP contribution >= 0.6 is 11.6 Å². The number of hydrogen-bond acceptors (Lipinski definition) is 4. The molecule has 5 nitrogen and oxygen atoms in total. The minimum absolute atomic E-state index is 0.123. The number of hydrogen-bond donors (Lipinski definition) is 0. The molecule has 1 heterocycles. The SMILES string of the molecule is Cc1cc(C)n(C(C)CC(=O)OCC(=O)c2ccc(Cl)cc2)n1. The van der Waals surface area contributed by atoms with Crippen LogP contribution in [-0.4, -0.2) is 28.1 Å². The van der Waals surface area contributed by atoms with Gasteiger partial charge in [-0.25, -0.2) is 0 Å². The second kappa shape index (κ2) is 7.42. The first kappa shape index (κ1) is 17.2. The fourth-order valence-corrected chi connectivity index (χ4v) is 2.47. The minimum Gasteiger partial charge on any atom is -0.457 e. The smallest absolute Gasteiger partial charge is 0.308 e. The van der Waals surface area contributed by atoms with Crippen molar-refractivity contribution in [1.29, 1.82) is 0 Å². The lowest BCUT2D eigenvalue weighted by molar-refractivity contribution is -0.143. The van der Waals surface area contributed by atoms with E-state index in [-0.39, 0.29) is 24.9 Å². The number of ketones is 1. The summed E-state index contributed by atoms with van der Waals surface area (Å²) in [5.74, 6) is -0.679. The quantitative estimate of drug-likeness (QED) is 0.599. The van der Waals surface area contributed by atoms with E-state index < -0.39 is 5.97 Å². The second-order valence-electron chi connectivity index (χ2n) is 5.52. The van der Waals surface area contributed by atoms with Crippen molar-refractivity contribution < 1.29 is 14.3 Å². The Hall–Kier alpha value is -2.14. The number of aromatic nitrogens is 2. The van der Waals surface area contributed by atoms with Crippen LogP contribution in [-0.2, 0) is 9.53 Å². The molecule has 0 bridgehead atoms. The highest BCUT2D eigenvalue weighted by molar-refractivity contribution is 6.30. The number of Topliss-reactive ketones (excluding diaryl/α,β-unsaturated/α-hetero) is 1. The van der Waals surface area contributed by atoms with Gasteiger partial charge in [-0.3, -0.25) is 14.3 Å². The van der Waals surface area contributed by atoms with Gasteiger partial charge in [-0.1, -0.05) is 11.6 Å². The molecule has 1 atom stereocenters. The molecule has 0 spiro atoms. The molecule has 0 fully saturated rings. The Balaban J connectivity index is 1.86. The van der Waals surface area contributed by atoms with Gasteiger partial charge in [0.25, 0.3) is 0 Å². The predicted molar refractivity (Wildman–Crippen MR) is 87.8 cm³/mol. The molecule has 0 N–H and O–H groups in total. The highest BCUT2D eigenvalue weighted by Crippen LogP contribution is 2.15. The Bertz CT molecular complexity index is 707. The van der Waals surface area contributed by atoms with Crippen LogP contribution < -0.4 is 0 Å². The van der Waals surface area contributed by atoms with Gasteiger partial charge in [0.05, 0.1) is 18.2 Å². The number of esters is 1.